The average Bonchev–Trinajstić information content (AvgIpc) is 3.31. The molecule has 1 amide bonds. The van der Waals surface area contributed by atoms with Crippen LogP contribution in [-0.2, 0) is 16.1 Å². The van der Waals surface area contributed by atoms with Gasteiger partial charge in [-0.2, -0.15) is 0 Å². The third-order valence-corrected chi connectivity index (χ3v) is 7.47. The molecular weight excluding hydrogens is 462 g/mol. The van der Waals surface area contributed by atoms with E-state index in [4.69, 9.17) is 4.74 Å². The van der Waals surface area contributed by atoms with E-state index in [0.717, 1.165) is 17.5 Å². The summed E-state index contributed by atoms with van der Waals surface area (Å²) in [6.45, 7) is 7.05. The van der Waals surface area contributed by atoms with Crippen LogP contribution >= 0.6 is 11.8 Å². The van der Waals surface area contributed by atoms with E-state index in [2.05, 4.69) is 24.0 Å². The number of hydrogen-bond donors (Lipinski definition) is 0. The van der Waals surface area contributed by atoms with Gasteiger partial charge in [0, 0.05) is 19.6 Å². The second kappa shape index (κ2) is 10.2. The summed E-state index contributed by atoms with van der Waals surface area (Å²) < 4.78 is 9.08. The van der Waals surface area contributed by atoms with E-state index < -0.39 is 5.25 Å². The van der Waals surface area contributed by atoms with Crippen molar-refractivity contribution in [3.63, 3.8) is 0 Å². The molecule has 1 atom stereocenters. The Hall–Kier alpha value is -3.17. The Morgan fingerprint density at radius 2 is 1.74 bits per heavy atom. The first-order valence-corrected chi connectivity index (χ1v) is 12.9. The van der Waals surface area contributed by atoms with Gasteiger partial charge in [0.25, 0.3) is 5.56 Å². The Bertz CT molecular complexity index is 1390. The van der Waals surface area contributed by atoms with Gasteiger partial charge >= 0.3 is 0 Å². The Morgan fingerprint density at radius 1 is 1.03 bits per heavy atom. The van der Waals surface area contributed by atoms with Gasteiger partial charge in [-0.25, -0.2) is 0 Å². The van der Waals surface area contributed by atoms with Crippen LogP contribution in [0, 0.1) is 5.92 Å². The number of morpholine rings is 1. The van der Waals surface area contributed by atoms with Crippen molar-refractivity contribution in [2.45, 2.75) is 37.2 Å². The monoisotopic (exact) mass is 491 g/mol. The summed E-state index contributed by atoms with van der Waals surface area (Å²) in [4.78, 5) is 28.8. The Kier molecular flexibility index (Phi) is 6.88. The lowest BCUT2D eigenvalue weighted by Gasteiger charge is -2.30. The van der Waals surface area contributed by atoms with E-state index in [1.807, 2.05) is 63.9 Å². The molecule has 2 aromatic carbocycles. The predicted octanol–water partition coefficient (Wildman–Crippen LogP) is 3.78. The third kappa shape index (κ3) is 4.70. The summed E-state index contributed by atoms with van der Waals surface area (Å²) in [5, 5.41) is 9.63. The zero-order chi connectivity index (χ0) is 24.4. The number of thioether (sulfide) groups is 1. The molecule has 0 radical (unpaired) electrons. The van der Waals surface area contributed by atoms with Gasteiger partial charge in [0.2, 0.25) is 11.7 Å². The van der Waals surface area contributed by atoms with Crippen LogP contribution in [0.4, 0.5) is 0 Å². The average molecular weight is 492 g/mol. The molecule has 182 valence electrons. The minimum atomic E-state index is -0.489. The molecule has 0 spiro atoms. The van der Waals surface area contributed by atoms with Crippen molar-refractivity contribution in [3.8, 4) is 0 Å². The number of rotatable bonds is 7. The molecule has 35 heavy (non-hydrogen) atoms. The van der Waals surface area contributed by atoms with Crippen molar-refractivity contribution in [1.29, 1.82) is 0 Å². The highest BCUT2D eigenvalue weighted by Gasteiger charge is 2.30. The fourth-order valence-corrected chi connectivity index (χ4v) is 5.47. The standard InChI is InChI=1S/C26H29N5O3S/c1-18(2)12-13-30-23(32)20-10-6-7-11-21(20)31-25(30)27-28-26(31)35-22(19-8-4-3-5-9-19)24(33)29-14-16-34-17-15-29/h3-11,18,22H,12-17H2,1-2H3. The molecule has 8 nitrogen and oxygen atoms in total. The smallest absolute Gasteiger partial charge is 0.262 e. The summed E-state index contributed by atoms with van der Waals surface area (Å²) in [6, 6.07) is 17.3. The van der Waals surface area contributed by atoms with Crippen molar-refractivity contribution in [3.05, 3.63) is 70.5 Å². The minimum absolute atomic E-state index is 0.0266. The van der Waals surface area contributed by atoms with Crippen molar-refractivity contribution in [1.82, 2.24) is 24.1 Å². The first-order valence-electron chi connectivity index (χ1n) is 12.0. The number of aromatic nitrogens is 4. The highest BCUT2D eigenvalue weighted by atomic mass is 32.2. The molecule has 9 heteroatoms. The normalized spacial score (nSPS) is 15.2. The van der Waals surface area contributed by atoms with Crippen LogP contribution in [0.1, 0.15) is 31.1 Å². The van der Waals surface area contributed by atoms with Crippen LogP contribution in [-0.4, -0.2) is 56.3 Å². The lowest BCUT2D eigenvalue weighted by Crippen LogP contribution is -2.42. The maximum atomic E-state index is 13.7. The van der Waals surface area contributed by atoms with E-state index >= 15 is 0 Å². The number of carbonyl (C=O) groups excluding carboxylic acids is 1. The first kappa shape index (κ1) is 23.6. The van der Waals surface area contributed by atoms with E-state index in [1.54, 1.807) is 4.57 Å². The van der Waals surface area contributed by atoms with E-state index in [0.29, 0.717) is 55.1 Å². The van der Waals surface area contributed by atoms with Crippen LogP contribution in [0.3, 0.4) is 0 Å². The number of nitrogens with zero attached hydrogens (tertiary/aromatic N) is 5. The third-order valence-electron chi connectivity index (χ3n) is 6.28. The fourth-order valence-electron chi connectivity index (χ4n) is 4.34. The SMILES string of the molecule is CC(C)CCn1c(=O)c2ccccc2n2c(SC(C(=O)N3CCOCC3)c3ccccc3)nnc12. The molecule has 2 aromatic heterocycles. The number of carbonyl (C=O) groups is 1. The maximum absolute atomic E-state index is 13.7. The van der Waals surface area contributed by atoms with Gasteiger partial charge in [-0.3, -0.25) is 18.6 Å². The zero-order valence-electron chi connectivity index (χ0n) is 20.0. The second-order valence-electron chi connectivity index (χ2n) is 9.12. The maximum Gasteiger partial charge on any atom is 0.262 e. The van der Waals surface area contributed by atoms with Gasteiger partial charge in [-0.1, -0.05) is 68.1 Å². The van der Waals surface area contributed by atoms with Crippen LogP contribution in [0.25, 0.3) is 16.7 Å². The first-order chi connectivity index (χ1) is 17.0. The van der Waals surface area contributed by atoms with Gasteiger partial charge in [-0.15, -0.1) is 10.2 Å². The zero-order valence-corrected chi connectivity index (χ0v) is 20.8. The fraction of sp³-hybridized carbons (Fsp3) is 0.385. The van der Waals surface area contributed by atoms with E-state index in [1.165, 1.54) is 11.8 Å². The quantitative estimate of drug-likeness (QED) is 0.366. The lowest BCUT2D eigenvalue weighted by atomic mass is 10.1. The van der Waals surface area contributed by atoms with Gasteiger partial charge in [-0.05, 0) is 30.0 Å². The number of amides is 1. The van der Waals surface area contributed by atoms with E-state index in [9.17, 15) is 9.59 Å². The highest BCUT2D eigenvalue weighted by molar-refractivity contribution is 8.00. The molecule has 0 saturated carbocycles. The summed E-state index contributed by atoms with van der Waals surface area (Å²) in [7, 11) is 0. The number of aryl methyl sites for hydroxylation is 1. The Labute approximate surface area is 207 Å². The molecule has 0 bridgehead atoms. The molecule has 1 fully saturated rings. The van der Waals surface area contributed by atoms with Gasteiger partial charge in [0.15, 0.2) is 5.16 Å². The molecule has 1 saturated heterocycles. The number of ether oxygens (including phenoxy) is 1. The molecule has 4 aromatic rings. The molecular formula is C26H29N5O3S. The minimum Gasteiger partial charge on any atom is -0.378 e. The summed E-state index contributed by atoms with van der Waals surface area (Å²) >= 11 is 1.38. The van der Waals surface area contributed by atoms with Crippen LogP contribution in [0.2, 0.25) is 0 Å². The van der Waals surface area contributed by atoms with Gasteiger partial charge in [0.05, 0.1) is 24.1 Å². The molecule has 1 aliphatic heterocycles. The molecule has 3 heterocycles. The number of hydrogen-bond acceptors (Lipinski definition) is 6. The summed E-state index contributed by atoms with van der Waals surface area (Å²) in [6.07, 6.45) is 0.853. The van der Waals surface area contributed by atoms with Crippen LogP contribution in [0.5, 0.6) is 0 Å². The van der Waals surface area contributed by atoms with Gasteiger partial charge in [0.1, 0.15) is 5.25 Å². The highest BCUT2D eigenvalue weighted by Crippen LogP contribution is 2.37. The predicted molar refractivity (Wildman–Crippen MR) is 137 cm³/mol. The number of benzene rings is 2. The van der Waals surface area contributed by atoms with Crippen molar-refractivity contribution >= 4 is 34.3 Å². The van der Waals surface area contributed by atoms with Gasteiger partial charge < -0.3 is 9.64 Å². The van der Waals surface area contributed by atoms with Crippen LogP contribution in [0.15, 0.2) is 64.5 Å². The summed E-state index contributed by atoms with van der Waals surface area (Å²) in [5.74, 6) is 0.972. The Morgan fingerprint density at radius 3 is 2.49 bits per heavy atom. The second-order valence-corrected chi connectivity index (χ2v) is 10.2. The van der Waals surface area contributed by atoms with Crippen LogP contribution < -0.4 is 5.56 Å². The molecule has 5 rings (SSSR count). The van der Waals surface area contributed by atoms with Crippen molar-refractivity contribution in [2.75, 3.05) is 26.3 Å². The molecule has 1 unspecified atom stereocenters. The number of fused-ring (bicyclic) bond motifs is 3. The molecule has 0 N–H and O–H groups in total. The topological polar surface area (TPSA) is 81.7 Å². The van der Waals surface area contributed by atoms with E-state index in [-0.39, 0.29) is 11.5 Å². The molecule has 0 aliphatic carbocycles. The molecule has 1 aliphatic rings. The largest absolute Gasteiger partial charge is 0.378 e. The summed E-state index contributed by atoms with van der Waals surface area (Å²) in [5.41, 5.74) is 1.58. The van der Waals surface area contributed by atoms with Crippen molar-refractivity contribution < 1.29 is 9.53 Å². The Balaban J connectivity index is 1.62. The lowest BCUT2D eigenvalue weighted by molar-refractivity contribution is -0.134. The van der Waals surface area contributed by atoms with Crippen molar-refractivity contribution in [2.24, 2.45) is 5.92 Å². The number of para-hydroxylation sites is 1.